The smallest absolute Gasteiger partial charge is 0.336 e. The maximum absolute atomic E-state index is 12.3. The molecule has 0 saturated heterocycles. The number of amides is 1. The van der Waals surface area contributed by atoms with Crippen LogP contribution in [0.3, 0.4) is 0 Å². The van der Waals surface area contributed by atoms with Gasteiger partial charge in [-0.1, -0.05) is 20.8 Å². The molecule has 7 heteroatoms. The normalized spacial score (nSPS) is 12.3. The van der Waals surface area contributed by atoms with Crippen molar-refractivity contribution >= 4 is 28.2 Å². The molecule has 0 aliphatic rings. The lowest BCUT2D eigenvalue weighted by Gasteiger charge is -2.15. The van der Waals surface area contributed by atoms with Gasteiger partial charge >= 0.3 is 5.63 Å². The molecular formula is C21H24N2O4S. The molecule has 0 radical (unpaired) electrons. The van der Waals surface area contributed by atoms with Gasteiger partial charge in [0.25, 0.3) is 5.91 Å². The van der Waals surface area contributed by atoms with E-state index in [2.05, 4.69) is 24.1 Å². The number of rotatable bonds is 7. The van der Waals surface area contributed by atoms with E-state index in [0.29, 0.717) is 23.8 Å². The number of aryl methyl sites for hydroxylation is 1. The molecule has 0 fully saturated rings. The van der Waals surface area contributed by atoms with Gasteiger partial charge in [-0.3, -0.25) is 4.79 Å². The second kappa shape index (κ2) is 8.56. The van der Waals surface area contributed by atoms with Crippen LogP contribution >= 0.6 is 11.3 Å². The molecule has 3 rings (SSSR count). The zero-order valence-electron chi connectivity index (χ0n) is 16.4. The van der Waals surface area contributed by atoms with Crippen molar-refractivity contribution < 1.29 is 13.9 Å². The molecule has 1 amide bonds. The molecule has 28 heavy (non-hydrogen) atoms. The van der Waals surface area contributed by atoms with Crippen molar-refractivity contribution in [2.75, 3.05) is 0 Å². The molecule has 2 aromatic heterocycles. The van der Waals surface area contributed by atoms with E-state index >= 15 is 0 Å². The van der Waals surface area contributed by atoms with Crippen LogP contribution in [0.25, 0.3) is 11.0 Å². The van der Waals surface area contributed by atoms with Crippen LogP contribution in [-0.2, 0) is 17.8 Å². The Kier molecular flexibility index (Phi) is 6.14. The summed E-state index contributed by atoms with van der Waals surface area (Å²) in [4.78, 5) is 28.5. The Hall–Kier alpha value is -2.67. The average Bonchev–Trinajstić information content (AvgIpc) is 3.14. The van der Waals surface area contributed by atoms with E-state index in [0.717, 1.165) is 28.1 Å². The fourth-order valence-electron chi connectivity index (χ4n) is 2.82. The lowest BCUT2D eigenvalue weighted by atomic mass is 10.1. The molecule has 1 N–H and O–H groups in total. The number of fused-ring (bicyclic) bond motifs is 1. The standard InChI is InChI=1S/C21H24N2O4S/c1-5-14-8-19(24)27-18-9-16(6-7-17(14)18)26-13(4)20(25)22-10-15-11-28-21(23-15)12(2)3/h6-9,11-13H,5,10H2,1-4H3,(H,22,25). The first-order valence-electron chi connectivity index (χ1n) is 9.32. The second-order valence-corrected chi connectivity index (χ2v) is 7.80. The summed E-state index contributed by atoms with van der Waals surface area (Å²) in [5.74, 6) is 0.614. The zero-order chi connectivity index (χ0) is 20.3. The fourth-order valence-corrected chi connectivity index (χ4v) is 3.66. The summed E-state index contributed by atoms with van der Waals surface area (Å²) in [6.45, 7) is 8.21. The Labute approximate surface area is 167 Å². The molecular weight excluding hydrogens is 376 g/mol. The molecule has 1 atom stereocenters. The highest BCUT2D eigenvalue weighted by atomic mass is 32.1. The van der Waals surface area contributed by atoms with E-state index in [-0.39, 0.29) is 5.91 Å². The average molecular weight is 401 g/mol. The van der Waals surface area contributed by atoms with E-state index in [9.17, 15) is 9.59 Å². The maximum atomic E-state index is 12.3. The highest BCUT2D eigenvalue weighted by Gasteiger charge is 2.16. The third kappa shape index (κ3) is 4.59. The van der Waals surface area contributed by atoms with Crippen LogP contribution < -0.4 is 15.7 Å². The molecule has 0 aliphatic carbocycles. The molecule has 0 aliphatic heterocycles. The number of aromatic nitrogens is 1. The number of hydrogen-bond donors (Lipinski definition) is 1. The molecule has 3 aromatic rings. The lowest BCUT2D eigenvalue weighted by molar-refractivity contribution is -0.127. The van der Waals surface area contributed by atoms with Crippen molar-refractivity contribution in [3.05, 3.63) is 56.3 Å². The first kappa shape index (κ1) is 20.1. The van der Waals surface area contributed by atoms with Crippen LogP contribution in [0, 0.1) is 0 Å². The predicted molar refractivity (Wildman–Crippen MR) is 110 cm³/mol. The van der Waals surface area contributed by atoms with E-state index in [1.165, 1.54) is 6.07 Å². The van der Waals surface area contributed by atoms with Crippen LogP contribution in [0.5, 0.6) is 5.75 Å². The van der Waals surface area contributed by atoms with E-state index < -0.39 is 11.7 Å². The van der Waals surface area contributed by atoms with Gasteiger partial charge in [0, 0.05) is 28.8 Å². The third-order valence-electron chi connectivity index (χ3n) is 4.37. The largest absolute Gasteiger partial charge is 0.481 e. The number of carbonyl (C=O) groups excluding carboxylic acids is 1. The van der Waals surface area contributed by atoms with Crippen LogP contribution in [0.4, 0.5) is 0 Å². The van der Waals surface area contributed by atoms with Crippen molar-refractivity contribution in [2.24, 2.45) is 0 Å². The number of nitrogens with one attached hydrogen (secondary N) is 1. The Balaban J connectivity index is 1.65. The highest BCUT2D eigenvalue weighted by Crippen LogP contribution is 2.24. The Morgan fingerprint density at radius 1 is 1.29 bits per heavy atom. The van der Waals surface area contributed by atoms with Crippen LogP contribution in [0.1, 0.15) is 49.9 Å². The Morgan fingerprint density at radius 3 is 2.75 bits per heavy atom. The van der Waals surface area contributed by atoms with E-state index in [4.69, 9.17) is 9.15 Å². The topological polar surface area (TPSA) is 81.4 Å². The van der Waals surface area contributed by atoms with Gasteiger partial charge in [0.05, 0.1) is 17.2 Å². The Morgan fingerprint density at radius 2 is 2.07 bits per heavy atom. The number of nitrogens with zero attached hydrogens (tertiary/aromatic N) is 1. The minimum atomic E-state index is -0.693. The predicted octanol–water partition coefficient (Wildman–Crippen LogP) is 4.02. The zero-order valence-corrected chi connectivity index (χ0v) is 17.3. The summed E-state index contributed by atoms with van der Waals surface area (Å²) in [6, 6.07) is 6.78. The molecule has 0 spiro atoms. The Bertz CT molecular complexity index is 1040. The quantitative estimate of drug-likeness (QED) is 0.606. The van der Waals surface area contributed by atoms with Gasteiger partial charge in [0.2, 0.25) is 0 Å². The SMILES string of the molecule is CCc1cc(=O)oc2cc(OC(C)C(=O)NCc3csc(C(C)C)n3)ccc12. The fraction of sp³-hybridized carbons (Fsp3) is 0.381. The molecule has 2 heterocycles. The monoisotopic (exact) mass is 400 g/mol. The maximum Gasteiger partial charge on any atom is 0.336 e. The van der Waals surface area contributed by atoms with Crippen molar-refractivity contribution in [3.8, 4) is 5.75 Å². The van der Waals surface area contributed by atoms with Gasteiger partial charge in [-0.2, -0.15) is 0 Å². The molecule has 0 saturated carbocycles. The number of benzene rings is 1. The van der Waals surface area contributed by atoms with Gasteiger partial charge in [0.15, 0.2) is 6.10 Å². The summed E-state index contributed by atoms with van der Waals surface area (Å²) in [7, 11) is 0. The molecule has 148 valence electrons. The third-order valence-corrected chi connectivity index (χ3v) is 5.57. The number of ether oxygens (including phenoxy) is 1. The first-order chi connectivity index (χ1) is 13.4. The van der Waals surface area contributed by atoms with E-state index in [1.54, 1.807) is 30.4 Å². The minimum Gasteiger partial charge on any atom is -0.481 e. The minimum absolute atomic E-state index is 0.233. The number of hydrogen-bond acceptors (Lipinski definition) is 6. The molecule has 1 unspecified atom stereocenters. The van der Waals surface area contributed by atoms with Crippen LogP contribution in [0.15, 0.2) is 38.9 Å². The van der Waals surface area contributed by atoms with Crippen LogP contribution in [0.2, 0.25) is 0 Å². The molecule has 0 bridgehead atoms. The lowest BCUT2D eigenvalue weighted by Crippen LogP contribution is -2.36. The number of thiazole rings is 1. The van der Waals surface area contributed by atoms with Crippen molar-refractivity contribution in [3.63, 3.8) is 0 Å². The van der Waals surface area contributed by atoms with Gasteiger partial charge in [-0.15, -0.1) is 11.3 Å². The summed E-state index contributed by atoms with van der Waals surface area (Å²) in [6.07, 6.45) is 0.0396. The van der Waals surface area contributed by atoms with Crippen molar-refractivity contribution in [1.82, 2.24) is 10.3 Å². The van der Waals surface area contributed by atoms with Crippen molar-refractivity contribution in [1.29, 1.82) is 0 Å². The summed E-state index contributed by atoms with van der Waals surface area (Å²) >= 11 is 1.60. The van der Waals surface area contributed by atoms with Gasteiger partial charge in [-0.25, -0.2) is 9.78 Å². The number of carbonyl (C=O) groups is 1. The van der Waals surface area contributed by atoms with Gasteiger partial charge in [-0.05, 0) is 31.0 Å². The van der Waals surface area contributed by atoms with Gasteiger partial charge in [0.1, 0.15) is 11.3 Å². The van der Waals surface area contributed by atoms with Gasteiger partial charge < -0.3 is 14.5 Å². The molecule has 6 nitrogen and oxygen atoms in total. The highest BCUT2D eigenvalue weighted by molar-refractivity contribution is 7.09. The first-order valence-corrected chi connectivity index (χ1v) is 10.2. The van der Waals surface area contributed by atoms with E-state index in [1.807, 2.05) is 18.4 Å². The summed E-state index contributed by atoms with van der Waals surface area (Å²) in [5, 5.41) is 6.72. The molecule has 1 aromatic carbocycles. The second-order valence-electron chi connectivity index (χ2n) is 6.91. The van der Waals surface area contributed by atoms with Crippen molar-refractivity contribution in [2.45, 2.75) is 52.7 Å². The summed E-state index contributed by atoms with van der Waals surface area (Å²) < 4.78 is 11.0. The summed E-state index contributed by atoms with van der Waals surface area (Å²) in [5.41, 5.74) is 1.83. The van der Waals surface area contributed by atoms with Crippen LogP contribution in [-0.4, -0.2) is 17.0 Å².